The van der Waals surface area contributed by atoms with Crippen LogP contribution in [0.5, 0.6) is 0 Å². The second-order valence-corrected chi connectivity index (χ2v) is 6.45. The molecule has 0 bridgehead atoms. The minimum absolute atomic E-state index is 0.0112. The smallest absolute Gasteiger partial charge is 0.319 e. The Morgan fingerprint density at radius 3 is 2.67 bits per heavy atom. The molecule has 2 atom stereocenters. The third-order valence-electron chi connectivity index (χ3n) is 4.00. The van der Waals surface area contributed by atoms with Gasteiger partial charge in [-0.3, -0.25) is 9.59 Å². The molecule has 18 heavy (non-hydrogen) atoms. The van der Waals surface area contributed by atoms with Crippen molar-refractivity contribution >= 4 is 11.8 Å². The first-order valence-electron chi connectivity index (χ1n) is 6.53. The standard InChI is InChI=1S/C15H24O3/c1-6-9-18-13(17)15(5)10-11(14(2,3)4)7-8-12(15)16/h6,11H,1,7-10H2,2-5H3/t11-,15+/m0/s1. The van der Waals surface area contributed by atoms with Crippen molar-refractivity contribution in [3.05, 3.63) is 12.7 Å². The first-order valence-corrected chi connectivity index (χ1v) is 6.53. The van der Waals surface area contributed by atoms with Crippen LogP contribution in [0.1, 0.15) is 47.0 Å². The van der Waals surface area contributed by atoms with Gasteiger partial charge in [0.1, 0.15) is 17.8 Å². The van der Waals surface area contributed by atoms with Gasteiger partial charge < -0.3 is 4.74 Å². The highest BCUT2D eigenvalue weighted by atomic mass is 16.5. The van der Waals surface area contributed by atoms with Crippen molar-refractivity contribution in [1.29, 1.82) is 0 Å². The minimum Gasteiger partial charge on any atom is -0.461 e. The van der Waals surface area contributed by atoms with Gasteiger partial charge in [0, 0.05) is 6.42 Å². The molecule has 0 aromatic heterocycles. The predicted octanol–water partition coefficient (Wildman–Crippen LogP) is 3.14. The maximum Gasteiger partial charge on any atom is 0.319 e. The Morgan fingerprint density at radius 2 is 2.17 bits per heavy atom. The van der Waals surface area contributed by atoms with Crippen molar-refractivity contribution in [3.63, 3.8) is 0 Å². The zero-order valence-electron chi connectivity index (χ0n) is 11.9. The van der Waals surface area contributed by atoms with Gasteiger partial charge in [0.25, 0.3) is 0 Å². The van der Waals surface area contributed by atoms with E-state index in [1.165, 1.54) is 6.08 Å². The summed E-state index contributed by atoms with van der Waals surface area (Å²) in [6.45, 7) is 11.9. The third-order valence-corrected chi connectivity index (χ3v) is 4.00. The molecule has 0 saturated heterocycles. The third kappa shape index (κ3) is 3.01. The van der Waals surface area contributed by atoms with Crippen LogP contribution in [-0.4, -0.2) is 18.4 Å². The summed E-state index contributed by atoms with van der Waals surface area (Å²) in [7, 11) is 0. The second-order valence-electron chi connectivity index (χ2n) is 6.45. The molecule has 0 aromatic carbocycles. The van der Waals surface area contributed by atoms with Gasteiger partial charge in [-0.05, 0) is 31.1 Å². The van der Waals surface area contributed by atoms with Gasteiger partial charge >= 0.3 is 5.97 Å². The highest BCUT2D eigenvalue weighted by molar-refractivity contribution is 6.03. The Hall–Kier alpha value is -1.12. The molecule has 1 rings (SSSR count). The predicted molar refractivity (Wildman–Crippen MR) is 71.1 cm³/mol. The molecule has 1 aliphatic rings. The van der Waals surface area contributed by atoms with Crippen LogP contribution in [0.2, 0.25) is 0 Å². The number of Topliss-reactive ketones (excluding diaryl/α,β-unsaturated/α-hetero) is 1. The fourth-order valence-electron chi connectivity index (χ4n) is 2.52. The summed E-state index contributed by atoms with van der Waals surface area (Å²) in [4.78, 5) is 24.1. The zero-order chi connectivity index (χ0) is 14.0. The van der Waals surface area contributed by atoms with Crippen LogP contribution in [0.3, 0.4) is 0 Å². The van der Waals surface area contributed by atoms with Gasteiger partial charge in [-0.2, -0.15) is 0 Å². The van der Waals surface area contributed by atoms with Crippen molar-refractivity contribution in [2.45, 2.75) is 47.0 Å². The number of hydrogen-bond acceptors (Lipinski definition) is 3. The maximum absolute atomic E-state index is 12.1. The molecular formula is C15H24O3. The van der Waals surface area contributed by atoms with Gasteiger partial charge in [-0.25, -0.2) is 0 Å². The lowest BCUT2D eigenvalue weighted by atomic mass is 9.63. The van der Waals surface area contributed by atoms with Crippen molar-refractivity contribution in [2.75, 3.05) is 6.61 Å². The Labute approximate surface area is 110 Å². The van der Waals surface area contributed by atoms with E-state index in [0.29, 0.717) is 18.8 Å². The minimum atomic E-state index is -0.973. The van der Waals surface area contributed by atoms with E-state index < -0.39 is 11.4 Å². The summed E-state index contributed by atoms with van der Waals surface area (Å²) in [5.74, 6) is -0.0186. The van der Waals surface area contributed by atoms with Crippen LogP contribution in [0.25, 0.3) is 0 Å². The number of carbonyl (C=O) groups is 2. The highest BCUT2D eigenvalue weighted by Gasteiger charge is 2.48. The lowest BCUT2D eigenvalue weighted by molar-refractivity contribution is -0.162. The van der Waals surface area contributed by atoms with E-state index in [2.05, 4.69) is 27.4 Å². The number of rotatable bonds is 3. The van der Waals surface area contributed by atoms with Gasteiger partial charge in [0.2, 0.25) is 0 Å². The van der Waals surface area contributed by atoms with Crippen LogP contribution in [-0.2, 0) is 14.3 Å². The quantitative estimate of drug-likeness (QED) is 0.440. The fraction of sp³-hybridized carbons (Fsp3) is 0.733. The van der Waals surface area contributed by atoms with Crippen LogP contribution < -0.4 is 0 Å². The van der Waals surface area contributed by atoms with Crippen molar-refractivity contribution < 1.29 is 14.3 Å². The SMILES string of the molecule is C=CCOC(=O)[C@]1(C)C[C@@H](C(C)(C)C)CCC1=O. The molecule has 3 nitrogen and oxygen atoms in total. The molecule has 0 heterocycles. The van der Waals surface area contributed by atoms with Crippen LogP contribution in [0.15, 0.2) is 12.7 Å². The zero-order valence-corrected chi connectivity index (χ0v) is 11.9. The van der Waals surface area contributed by atoms with E-state index in [4.69, 9.17) is 4.74 Å². The topological polar surface area (TPSA) is 43.4 Å². The lowest BCUT2D eigenvalue weighted by Gasteiger charge is -2.40. The fourth-order valence-corrected chi connectivity index (χ4v) is 2.52. The second kappa shape index (κ2) is 5.25. The summed E-state index contributed by atoms with van der Waals surface area (Å²) < 4.78 is 5.09. The molecule has 0 aromatic rings. The number of ketones is 1. The number of carbonyl (C=O) groups excluding carboxylic acids is 2. The van der Waals surface area contributed by atoms with Gasteiger partial charge in [0.15, 0.2) is 0 Å². The molecule has 1 saturated carbocycles. The number of ether oxygens (including phenoxy) is 1. The first-order chi connectivity index (χ1) is 8.21. The molecule has 0 radical (unpaired) electrons. The summed E-state index contributed by atoms with van der Waals surface area (Å²) in [5.41, 5.74) is -0.861. The number of esters is 1. The van der Waals surface area contributed by atoms with E-state index in [9.17, 15) is 9.59 Å². The number of hydrogen-bond donors (Lipinski definition) is 0. The Kier molecular flexibility index (Phi) is 4.36. The summed E-state index contributed by atoms with van der Waals surface area (Å²) in [5, 5.41) is 0. The van der Waals surface area contributed by atoms with E-state index >= 15 is 0 Å². The largest absolute Gasteiger partial charge is 0.461 e. The molecule has 3 heteroatoms. The van der Waals surface area contributed by atoms with Crippen LogP contribution in [0, 0.1) is 16.7 Å². The Balaban J connectivity index is 2.86. The molecule has 0 aliphatic heterocycles. The molecular weight excluding hydrogens is 228 g/mol. The normalized spacial score (nSPS) is 28.9. The lowest BCUT2D eigenvalue weighted by Crippen LogP contribution is -2.45. The average molecular weight is 252 g/mol. The summed E-state index contributed by atoms with van der Waals surface area (Å²) in [6, 6.07) is 0. The summed E-state index contributed by atoms with van der Waals surface area (Å²) in [6.07, 6.45) is 3.45. The molecule has 0 amide bonds. The summed E-state index contributed by atoms with van der Waals surface area (Å²) >= 11 is 0. The molecule has 0 spiro atoms. The molecule has 0 N–H and O–H groups in total. The highest BCUT2D eigenvalue weighted by Crippen LogP contribution is 2.44. The average Bonchev–Trinajstić information content (AvgIpc) is 2.28. The van der Waals surface area contributed by atoms with Gasteiger partial charge in [-0.15, -0.1) is 0 Å². The Bertz CT molecular complexity index is 351. The van der Waals surface area contributed by atoms with E-state index in [1.54, 1.807) is 6.92 Å². The molecule has 1 fully saturated rings. The van der Waals surface area contributed by atoms with Gasteiger partial charge in [-0.1, -0.05) is 33.4 Å². The maximum atomic E-state index is 12.1. The van der Waals surface area contributed by atoms with E-state index in [0.717, 1.165) is 6.42 Å². The monoisotopic (exact) mass is 252 g/mol. The van der Waals surface area contributed by atoms with Gasteiger partial charge in [0.05, 0.1) is 0 Å². The molecule has 102 valence electrons. The van der Waals surface area contributed by atoms with E-state index in [-0.39, 0.29) is 17.8 Å². The molecule has 0 unspecified atom stereocenters. The molecule has 1 aliphatic carbocycles. The van der Waals surface area contributed by atoms with Crippen LogP contribution >= 0.6 is 0 Å². The van der Waals surface area contributed by atoms with Crippen molar-refractivity contribution in [3.8, 4) is 0 Å². The first kappa shape index (κ1) is 14.9. The van der Waals surface area contributed by atoms with E-state index in [1.807, 2.05) is 0 Å². The Morgan fingerprint density at radius 1 is 1.56 bits per heavy atom. The van der Waals surface area contributed by atoms with Crippen LogP contribution in [0.4, 0.5) is 0 Å². The van der Waals surface area contributed by atoms with Crippen molar-refractivity contribution in [1.82, 2.24) is 0 Å². The van der Waals surface area contributed by atoms with Crippen molar-refractivity contribution in [2.24, 2.45) is 16.7 Å².